The van der Waals surface area contributed by atoms with Crippen LogP contribution < -0.4 is 10.1 Å². The first-order valence-corrected chi connectivity index (χ1v) is 12.2. The number of piperidine rings is 1. The van der Waals surface area contributed by atoms with E-state index in [0.29, 0.717) is 35.4 Å². The first-order chi connectivity index (χ1) is 15.6. The Hall–Kier alpha value is -1.92. The molecule has 8 heteroatoms. The van der Waals surface area contributed by atoms with Crippen LogP contribution in [0.4, 0.5) is 0 Å². The summed E-state index contributed by atoms with van der Waals surface area (Å²) in [6, 6.07) is 10.6. The fraction of sp³-hybridized carbons (Fsp3) is 0.400. The second-order valence-corrected chi connectivity index (χ2v) is 9.36. The Balaban J connectivity index is 0.00000259. The van der Waals surface area contributed by atoms with Crippen LogP contribution in [0.3, 0.4) is 0 Å². The van der Waals surface area contributed by atoms with Gasteiger partial charge in [-0.3, -0.25) is 9.69 Å². The van der Waals surface area contributed by atoms with E-state index < -0.39 is 0 Å². The van der Waals surface area contributed by atoms with E-state index in [2.05, 4.69) is 39.5 Å². The zero-order chi connectivity index (χ0) is 22.1. The summed E-state index contributed by atoms with van der Waals surface area (Å²) >= 11 is 12.4. The van der Waals surface area contributed by atoms with Gasteiger partial charge in [-0.2, -0.15) is 0 Å². The monoisotopic (exact) mass is 507 g/mol. The van der Waals surface area contributed by atoms with Gasteiger partial charge in [-0.15, -0.1) is 24.0 Å². The average molecular weight is 509 g/mol. The molecule has 5 nitrogen and oxygen atoms in total. The highest BCUT2D eigenvalue weighted by atomic mass is 35.5. The summed E-state index contributed by atoms with van der Waals surface area (Å²) < 4.78 is 5.90. The van der Waals surface area contributed by atoms with Crippen molar-refractivity contribution in [2.45, 2.75) is 38.8 Å². The molecule has 0 bridgehead atoms. The molecule has 0 unspecified atom stereocenters. The molecule has 2 aromatic carbocycles. The van der Waals surface area contributed by atoms with Gasteiger partial charge in [0.15, 0.2) is 0 Å². The molecular formula is C25H28Cl3N3O2. The Morgan fingerprint density at radius 2 is 1.91 bits per heavy atom. The molecule has 1 aromatic heterocycles. The Kier molecular flexibility index (Phi) is 7.75. The maximum Gasteiger partial charge on any atom is 0.252 e. The Bertz CT molecular complexity index is 1160. The number of nitrogens with zero attached hydrogens (tertiary/aromatic N) is 1. The number of ether oxygens (including phenoxy) is 1. The summed E-state index contributed by atoms with van der Waals surface area (Å²) in [7, 11) is 0. The molecule has 0 radical (unpaired) electrons. The predicted octanol–water partition coefficient (Wildman–Crippen LogP) is 6.15. The van der Waals surface area contributed by atoms with Crippen LogP contribution in [-0.2, 0) is 13.1 Å². The number of carbonyl (C=O) groups excluding carboxylic acids is 1. The van der Waals surface area contributed by atoms with Gasteiger partial charge in [0, 0.05) is 46.7 Å². The molecular weight excluding hydrogens is 481 g/mol. The second kappa shape index (κ2) is 10.6. The van der Waals surface area contributed by atoms with Crippen molar-refractivity contribution >= 4 is 52.4 Å². The van der Waals surface area contributed by atoms with Gasteiger partial charge in [-0.05, 0) is 62.2 Å². The summed E-state index contributed by atoms with van der Waals surface area (Å²) in [6.07, 6.45) is 4.64. The minimum absolute atomic E-state index is 0. The van der Waals surface area contributed by atoms with Crippen molar-refractivity contribution in [2.75, 3.05) is 25.6 Å². The number of carbonyl (C=O) groups is 1. The number of aromatic nitrogens is 1. The molecule has 2 aliphatic heterocycles. The molecule has 1 fully saturated rings. The summed E-state index contributed by atoms with van der Waals surface area (Å²) in [5, 5.41) is 4.54. The quantitative estimate of drug-likeness (QED) is 0.297. The van der Waals surface area contributed by atoms with Crippen LogP contribution in [-0.4, -0.2) is 41.4 Å². The van der Waals surface area contributed by atoms with Gasteiger partial charge in [-0.1, -0.05) is 24.1 Å². The normalized spacial score (nSPS) is 15.9. The number of fused-ring (bicyclic) bond motifs is 2. The number of benzene rings is 2. The number of hydrogen-bond donors (Lipinski definition) is 2. The molecule has 3 aromatic rings. The van der Waals surface area contributed by atoms with E-state index >= 15 is 0 Å². The van der Waals surface area contributed by atoms with Gasteiger partial charge in [0.1, 0.15) is 5.75 Å². The first-order valence-electron chi connectivity index (χ1n) is 11.3. The standard InChI is InChI=1S/C25H27Cl2N3O2.ClH/c26-7-4-10-32-22-13-18(23-19(24(22)27)14-28-25(23)31)21-12-17-11-16(5-6-20(17)29-21)15-30-8-2-1-3-9-30;/h5-6,11-13,29H,1-4,7-10,14-15H2,(H,28,31);1H. The Morgan fingerprint density at radius 1 is 1.09 bits per heavy atom. The molecule has 2 aliphatic rings. The molecule has 1 amide bonds. The van der Waals surface area contributed by atoms with E-state index in [1.165, 1.54) is 37.9 Å². The van der Waals surface area contributed by atoms with Crippen molar-refractivity contribution in [1.82, 2.24) is 15.2 Å². The van der Waals surface area contributed by atoms with Crippen molar-refractivity contribution in [3.8, 4) is 17.0 Å². The van der Waals surface area contributed by atoms with Crippen molar-refractivity contribution in [1.29, 1.82) is 0 Å². The van der Waals surface area contributed by atoms with Crippen LogP contribution >= 0.6 is 35.6 Å². The molecule has 33 heavy (non-hydrogen) atoms. The lowest BCUT2D eigenvalue weighted by Gasteiger charge is -2.26. The van der Waals surface area contributed by atoms with Crippen LogP contribution in [0.2, 0.25) is 5.02 Å². The molecule has 0 aliphatic carbocycles. The summed E-state index contributed by atoms with van der Waals surface area (Å²) in [5.41, 5.74) is 5.49. The summed E-state index contributed by atoms with van der Waals surface area (Å²) in [5.74, 6) is 1.01. The number of likely N-dealkylation sites (tertiary alicyclic amines) is 1. The number of halogens is 3. The van der Waals surface area contributed by atoms with E-state index in [4.69, 9.17) is 27.9 Å². The highest BCUT2D eigenvalue weighted by molar-refractivity contribution is 6.34. The number of alkyl halides is 1. The van der Waals surface area contributed by atoms with Crippen LogP contribution in [0.1, 0.15) is 47.2 Å². The lowest BCUT2D eigenvalue weighted by Crippen LogP contribution is -2.28. The molecule has 2 N–H and O–H groups in total. The van der Waals surface area contributed by atoms with Crippen LogP contribution in [0.15, 0.2) is 30.3 Å². The third-order valence-corrected chi connectivity index (χ3v) is 7.03. The number of aromatic amines is 1. The number of H-pyrrole nitrogens is 1. The Labute approximate surface area is 210 Å². The molecule has 0 saturated carbocycles. The number of hydrogen-bond acceptors (Lipinski definition) is 3. The van der Waals surface area contributed by atoms with E-state index in [-0.39, 0.29) is 18.3 Å². The molecule has 0 atom stereocenters. The maximum absolute atomic E-state index is 12.6. The van der Waals surface area contributed by atoms with Crippen LogP contribution in [0.25, 0.3) is 22.2 Å². The highest BCUT2D eigenvalue weighted by Gasteiger charge is 2.29. The molecule has 0 spiro atoms. The molecule has 3 heterocycles. The highest BCUT2D eigenvalue weighted by Crippen LogP contribution is 2.41. The lowest BCUT2D eigenvalue weighted by atomic mass is 9.99. The van der Waals surface area contributed by atoms with Gasteiger partial charge < -0.3 is 15.0 Å². The van der Waals surface area contributed by atoms with E-state index in [1.54, 1.807) is 0 Å². The fourth-order valence-corrected chi connectivity index (χ4v) is 5.10. The molecule has 1 saturated heterocycles. The second-order valence-electron chi connectivity index (χ2n) is 8.60. The van der Waals surface area contributed by atoms with E-state index in [0.717, 1.165) is 40.7 Å². The Morgan fingerprint density at radius 3 is 2.70 bits per heavy atom. The predicted molar refractivity (Wildman–Crippen MR) is 137 cm³/mol. The summed E-state index contributed by atoms with van der Waals surface area (Å²) in [6.45, 7) is 4.22. The first kappa shape index (κ1) is 24.2. The lowest BCUT2D eigenvalue weighted by molar-refractivity contribution is 0.0966. The van der Waals surface area contributed by atoms with Crippen LogP contribution in [0.5, 0.6) is 5.75 Å². The minimum Gasteiger partial charge on any atom is -0.492 e. The number of amides is 1. The molecule has 5 rings (SSSR count). The third kappa shape index (κ3) is 4.97. The van der Waals surface area contributed by atoms with Gasteiger partial charge >= 0.3 is 0 Å². The number of nitrogens with one attached hydrogen (secondary N) is 2. The number of rotatable bonds is 7. The van der Waals surface area contributed by atoms with Crippen molar-refractivity contribution in [3.63, 3.8) is 0 Å². The maximum atomic E-state index is 12.6. The van der Waals surface area contributed by atoms with E-state index in [9.17, 15) is 4.79 Å². The van der Waals surface area contributed by atoms with Crippen molar-refractivity contribution < 1.29 is 9.53 Å². The van der Waals surface area contributed by atoms with Gasteiger partial charge in [0.05, 0.1) is 17.2 Å². The van der Waals surface area contributed by atoms with Gasteiger partial charge in [0.2, 0.25) is 0 Å². The smallest absolute Gasteiger partial charge is 0.252 e. The minimum atomic E-state index is -0.103. The van der Waals surface area contributed by atoms with E-state index in [1.807, 2.05) is 6.07 Å². The van der Waals surface area contributed by atoms with Crippen LogP contribution in [0, 0.1) is 0 Å². The van der Waals surface area contributed by atoms with Crippen molar-refractivity contribution in [2.24, 2.45) is 0 Å². The fourth-order valence-electron chi connectivity index (χ4n) is 4.73. The van der Waals surface area contributed by atoms with Crippen molar-refractivity contribution in [3.05, 3.63) is 52.0 Å². The van der Waals surface area contributed by atoms with Gasteiger partial charge in [0.25, 0.3) is 5.91 Å². The zero-order valence-corrected chi connectivity index (χ0v) is 20.7. The average Bonchev–Trinajstić information content (AvgIpc) is 3.40. The van der Waals surface area contributed by atoms with Gasteiger partial charge in [-0.25, -0.2) is 0 Å². The topological polar surface area (TPSA) is 57.4 Å². The third-order valence-electron chi connectivity index (χ3n) is 6.35. The zero-order valence-electron chi connectivity index (χ0n) is 18.4. The summed E-state index contributed by atoms with van der Waals surface area (Å²) in [4.78, 5) is 18.6. The molecule has 176 valence electrons. The SMILES string of the molecule is Cl.O=C1NCc2c(Cl)c(OCCCCl)cc(-c3cc4cc(CN5CCCCC5)ccc4[nH]3)c21. The largest absolute Gasteiger partial charge is 0.492 e.